The summed E-state index contributed by atoms with van der Waals surface area (Å²) >= 11 is -5.91. The van der Waals surface area contributed by atoms with E-state index in [9.17, 15) is 17.0 Å². The van der Waals surface area contributed by atoms with Crippen molar-refractivity contribution in [1.82, 2.24) is 0 Å². The number of allylic oxidation sites excluding steroid dienone is 2. The van der Waals surface area contributed by atoms with Crippen LogP contribution in [-0.2, 0) is 50.9 Å². The molecule has 6 aromatic rings. The average Bonchev–Trinajstić information content (AvgIpc) is 4.22. The Bertz CT molecular complexity index is 3060. The zero-order chi connectivity index (χ0) is 55.3. The second-order valence-electron chi connectivity index (χ2n) is 28.6. The molecule has 1 heterocycles. The van der Waals surface area contributed by atoms with Gasteiger partial charge in [-0.25, -0.2) is 0 Å². The molecule has 401 valence electrons. The maximum absolute atomic E-state index is 9.83. The quantitative estimate of drug-likeness (QED) is 0.101. The Morgan fingerprint density at radius 2 is 0.882 bits per heavy atom. The summed E-state index contributed by atoms with van der Waals surface area (Å²) in [5.74, 6) is 0.811. The predicted molar refractivity (Wildman–Crippen MR) is 338 cm³/mol. The van der Waals surface area contributed by atoms with Gasteiger partial charge < -0.3 is 0 Å². The Hall–Kier alpha value is -3.52. The number of benzene rings is 6. The van der Waals surface area contributed by atoms with Crippen LogP contribution >= 0.6 is 17.0 Å². The summed E-state index contributed by atoms with van der Waals surface area (Å²) < 4.78 is 1.03. The van der Waals surface area contributed by atoms with E-state index in [4.69, 9.17) is 0 Å². The third kappa shape index (κ3) is 10.3. The summed E-state index contributed by atoms with van der Waals surface area (Å²) in [6.07, 6.45) is 11.3. The summed E-state index contributed by atoms with van der Waals surface area (Å²) in [7, 11) is 18.7. The minimum atomic E-state index is -5.91. The van der Waals surface area contributed by atoms with Crippen LogP contribution in [0, 0.1) is 11.8 Å². The SMILES string of the molecule is CCCc1ccc2c(c1-c1cc(C(C)(C)C)cc(C(C)(C)C)c1)C=C(CC(C)C)[CH]2[Zr]([Cl])([Cl])([c]1cccc2c1[SiH2]c1ccccc1-2)[CH]1C(CC(C)C)=Cc2c1ccc(CCC)c2-c1cc(C(C)(C)C)cc(C(C)(C)C)c1. The van der Waals surface area contributed by atoms with Gasteiger partial charge in [-0.05, 0) is 0 Å². The van der Waals surface area contributed by atoms with E-state index in [1.807, 2.05) is 0 Å². The summed E-state index contributed by atoms with van der Waals surface area (Å²) in [4.78, 5) is 0. The number of aryl methyl sites for hydroxylation is 2. The van der Waals surface area contributed by atoms with Gasteiger partial charge in [0.25, 0.3) is 0 Å². The topological polar surface area (TPSA) is 0 Å². The molecule has 2 aliphatic carbocycles. The molecule has 76 heavy (non-hydrogen) atoms. The van der Waals surface area contributed by atoms with Gasteiger partial charge in [-0.15, -0.1) is 0 Å². The fraction of sp³-hybridized carbons (Fsp3) is 0.444. The number of halogens is 2. The fourth-order valence-electron chi connectivity index (χ4n) is 13.7. The third-order valence-electron chi connectivity index (χ3n) is 17.4. The Labute approximate surface area is 472 Å². The minimum absolute atomic E-state index is 0.0234. The van der Waals surface area contributed by atoms with Gasteiger partial charge in [0.1, 0.15) is 0 Å². The van der Waals surface area contributed by atoms with Crippen molar-refractivity contribution in [1.29, 1.82) is 0 Å². The molecule has 0 bridgehead atoms. The molecule has 0 spiro atoms. The molecule has 9 rings (SSSR count). The number of hydrogen-bond donors (Lipinski definition) is 0. The summed E-state index contributed by atoms with van der Waals surface area (Å²) in [6.45, 7) is 42.7. The van der Waals surface area contributed by atoms with Crippen LogP contribution in [-0.4, -0.2) is 9.52 Å². The van der Waals surface area contributed by atoms with E-state index in [0.717, 1.165) is 38.5 Å². The molecule has 0 amide bonds. The second kappa shape index (κ2) is 20.5. The van der Waals surface area contributed by atoms with E-state index in [-0.39, 0.29) is 28.9 Å². The molecular formula is C72H91Cl2SiZr. The van der Waals surface area contributed by atoms with Crippen LogP contribution in [0.25, 0.3) is 45.5 Å². The molecule has 0 N–H and O–H groups in total. The zero-order valence-electron chi connectivity index (χ0n) is 50.0. The monoisotopic (exact) mass is 1140 g/mol. The van der Waals surface area contributed by atoms with Gasteiger partial charge in [0.2, 0.25) is 0 Å². The molecule has 2 atom stereocenters. The van der Waals surface area contributed by atoms with Gasteiger partial charge in [-0.3, -0.25) is 0 Å². The third-order valence-corrected chi connectivity index (χ3v) is 40.2. The summed E-state index contributed by atoms with van der Waals surface area (Å²) in [5.41, 5.74) is 24.7. The molecule has 0 aromatic heterocycles. The van der Waals surface area contributed by atoms with E-state index in [0.29, 0.717) is 11.8 Å². The average molecular weight is 1150 g/mol. The Kier molecular flexibility index (Phi) is 15.5. The molecule has 6 aromatic carbocycles. The molecular weight excluding hydrogens is 1060 g/mol. The molecule has 3 aliphatic rings. The Morgan fingerprint density at radius 1 is 0.487 bits per heavy atom. The van der Waals surface area contributed by atoms with Crippen LogP contribution in [0.2, 0.25) is 0 Å². The van der Waals surface area contributed by atoms with Crippen LogP contribution < -0.4 is 13.6 Å². The molecule has 0 fully saturated rings. The summed E-state index contributed by atoms with van der Waals surface area (Å²) in [5, 5.41) is 2.99. The Balaban J connectivity index is 1.43. The number of rotatable bonds is 13. The molecule has 4 heteroatoms. The first-order valence-corrected chi connectivity index (χ1v) is 41.1. The van der Waals surface area contributed by atoms with Crippen LogP contribution in [0.15, 0.2) is 114 Å². The standard InChI is InChI=1S/2C30H41.C12H9Si.2ClH.Zr/c2*1-10-11-22-12-13-23-15-21(14-20(2)3)16-27(23)28(22)24-17-25(29(4,5)6)19-26(18-24)30(7,8)9;1-3-7-11-9(5-1)10-6-2-4-8-12(10)13-11;;;/h2*12-13,15-20H,10-11,14H2,1-9H3;1-7H,13H2;2*1H;/q;;;;;+2/p-2. The molecule has 0 nitrogen and oxygen atoms in total. The zero-order valence-corrected chi connectivity index (χ0v) is 55.4. The fourth-order valence-corrected chi connectivity index (χ4v) is 41.5. The maximum atomic E-state index is 9.83. The van der Waals surface area contributed by atoms with E-state index in [1.54, 1.807) is 0 Å². The van der Waals surface area contributed by atoms with Gasteiger partial charge in [0, 0.05) is 0 Å². The van der Waals surface area contributed by atoms with Crippen molar-refractivity contribution in [3.63, 3.8) is 0 Å². The number of hydrogen-bond acceptors (Lipinski definition) is 0. The molecule has 0 saturated heterocycles. The van der Waals surface area contributed by atoms with Gasteiger partial charge in [0.15, 0.2) is 0 Å². The summed E-state index contributed by atoms with van der Waals surface area (Å²) in [6, 6.07) is 41.5. The van der Waals surface area contributed by atoms with Gasteiger partial charge in [-0.2, -0.15) is 0 Å². The molecule has 0 radical (unpaired) electrons. The van der Waals surface area contributed by atoms with Crippen molar-refractivity contribution in [3.8, 4) is 33.4 Å². The van der Waals surface area contributed by atoms with Gasteiger partial charge >= 0.3 is 476 Å². The first-order chi connectivity index (χ1) is 35.4. The normalized spacial score (nSPS) is 17.4. The van der Waals surface area contributed by atoms with Crippen molar-refractivity contribution in [2.24, 2.45) is 11.8 Å². The molecule has 2 unspecified atom stereocenters. The molecule has 1 aliphatic heterocycles. The first kappa shape index (κ1) is 57.2. The van der Waals surface area contributed by atoms with Crippen molar-refractivity contribution < 1.29 is 16.4 Å². The molecule has 0 saturated carbocycles. The van der Waals surface area contributed by atoms with E-state index >= 15 is 0 Å². The van der Waals surface area contributed by atoms with Crippen molar-refractivity contribution in [2.75, 3.05) is 0 Å². The van der Waals surface area contributed by atoms with Crippen molar-refractivity contribution in [3.05, 3.63) is 170 Å². The van der Waals surface area contributed by atoms with Crippen molar-refractivity contribution >= 4 is 52.3 Å². The van der Waals surface area contributed by atoms with Crippen LogP contribution in [0.4, 0.5) is 0 Å². The second-order valence-corrected chi connectivity index (χ2v) is 51.1. The van der Waals surface area contributed by atoms with Gasteiger partial charge in [-0.1, -0.05) is 0 Å². The van der Waals surface area contributed by atoms with Crippen LogP contribution in [0.3, 0.4) is 0 Å². The van der Waals surface area contributed by atoms with E-state index in [1.165, 1.54) is 114 Å². The van der Waals surface area contributed by atoms with E-state index in [2.05, 4.69) is 240 Å². The number of fused-ring (bicyclic) bond motifs is 5. The Morgan fingerprint density at radius 3 is 1.26 bits per heavy atom. The van der Waals surface area contributed by atoms with Crippen LogP contribution in [0.1, 0.15) is 213 Å². The first-order valence-electron chi connectivity index (χ1n) is 29.3. The van der Waals surface area contributed by atoms with E-state index < -0.39 is 25.9 Å². The van der Waals surface area contributed by atoms with Crippen molar-refractivity contribution in [2.45, 2.75) is 192 Å². The predicted octanol–water partition coefficient (Wildman–Crippen LogP) is 19.2. The van der Waals surface area contributed by atoms with Crippen LogP contribution in [0.5, 0.6) is 0 Å². The van der Waals surface area contributed by atoms with Gasteiger partial charge in [0.05, 0.1) is 0 Å².